The largest absolute Gasteiger partial charge is 0.467 e. The van der Waals surface area contributed by atoms with Crippen molar-refractivity contribution in [1.29, 1.82) is 0 Å². The number of aromatic nitrogens is 3. The van der Waals surface area contributed by atoms with E-state index < -0.39 is 0 Å². The Labute approximate surface area is 116 Å². The van der Waals surface area contributed by atoms with Gasteiger partial charge in [0.05, 0.1) is 18.2 Å². The zero-order valence-corrected chi connectivity index (χ0v) is 11.6. The van der Waals surface area contributed by atoms with Gasteiger partial charge >= 0.3 is 0 Å². The maximum Gasteiger partial charge on any atom is 0.160 e. The van der Waals surface area contributed by atoms with Crippen molar-refractivity contribution in [2.45, 2.75) is 25.8 Å². The average molecular weight is 276 g/mol. The molecule has 0 fully saturated rings. The molecule has 0 radical (unpaired) electrons. The van der Waals surface area contributed by atoms with Crippen LogP contribution in [0.1, 0.15) is 30.1 Å². The van der Waals surface area contributed by atoms with E-state index in [0.29, 0.717) is 5.88 Å². The standard InChI is InChI=1S/C14H14ClN3O/c1-9-6-11-14(16-8-9)18(13(7-15)17-11)10(2)12-4-3-5-19-12/h3-6,8,10H,7H2,1-2H3. The first-order chi connectivity index (χ1) is 9.20. The lowest BCUT2D eigenvalue weighted by atomic mass is 10.2. The summed E-state index contributed by atoms with van der Waals surface area (Å²) in [6.45, 7) is 4.05. The summed E-state index contributed by atoms with van der Waals surface area (Å²) in [4.78, 5) is 9.03. The zero-order valence-electron chi connectivity index (χ0n) is 10.8. The predicted octanol–water partition coefficient (Wildman–Crippen LogP) is 3.68. The lowest BCUT2D eigenvalue weighted by Crippen LogP contribution is -2.09. The van der Waals surface area contributed by atoms with Crippen molar-refractivity contribution < 1.29 is 4.42 Å². The maximum atomic E-state index is 6.01. The monoisotopic (exact) mass is 275 g/mol. The van der Waals surface area contributed by atoms with Gasteiger partial charge in [-0.1, -0.05) is 0 Å². The van der Waals surface area contributed by atoms with Gasteiger partial charge in [-0.25, -0.2) is 9.97 Å². The van der Waals surface area contributed by atoms with E-state index in [1.807, 2.05) is 35.9 Å². The number of alkyl halides is 1. The third kappa shape index (κ3) is 2.02. The molecule has 3 aromatic rings. The first kappa shape index (κ1) is 12.2. The molecule has 1 atom stereocenters. The van der Waals surface area contributed by atoms with Gasteiger partial charge in [-0.15, -0.1) is 11.6 Å². The molecule has 0 aliphatic heterocycles. The lowest BCUT2D eigenvalue weighted by molar-refractivity contribution is 0.445. The molecule has 0 aliphatic rings. The number of nitrogens with zero attached hydrogens (tertiary/aromatic N) is 3. The minimum absolute atomic E-state index is 0.0176. The van der Waals surface area contributed by atoms with Crippen molar-refractivity contribution >= 4 is 22.8 Å². The Bertz CT molecular complexity index is 703. The SMILES string of the molecule is Cc1cnc2c(c1)nc(CCl)n2C(C)c1ccco1. The summed E-state index contributed by atoms with van der Waals surface area (Å²) >= 11 is 6.01. The Kier molecular flexibility index (Phi) is 3.03. The topological polar surface area (TPSA) is 43.9 Å². The van der Waals surface area contributed by atoms with Crippen LogP contribution < -0.4 is 0 Å². The van der Waals surface area contributed by atoms with Gasteiger partial charge in [0, 0.05) is 6.20 Å². The van der Waals surface area contributed by atoms with E-state index in [4.69, 9.17) is 16.0 Å². The molecule has 5 heteroatoms. The van der Waals surface area contributed by atoms with Gasteiger partial charge in [-0.3, -0.25) is 0 Å². The van der Waals surface area contributed by atoms with Gasteiger partial charge in [0.1, 0.15) is 17.1 Å². The van der Waals surface area contributed by atoms with E-state index in [-0.39, 0.29) is 6.04 Å². The Hall–Kier alpha value is -1.81. The summed E-state index contributed by atoms with van der Waals surface area (Å²) in [6.07, 6.45) is 3.51. The second kappa shape index (κ2) is 4.70. The number of fused-ring (bicyclic) bond motifs is 1. The molecule has 0 amide bonds. The molecule has 0 aliphatic carbocycles. The molecule has 3 rings (SSSR count). The number of pyridine rings is 1. The number of furan rings is 1. The van der Waals surface area contributed by atoms with E-state index in [2.05, 4.69) is 16.9 Å². The van der Waals surface area contributed by atoms with Crippen LogP contribution in [0.5, 0.6) is 0 Å². The normalized spacial score (nSPS) is 13.0. The van der Waals surface area contributed by atoms with E-state index >= 15 is 0 Å². The molecule has 0 aromatic carbocycles. The van der Waals surface area contributed by atoms with Gasteiger partial charge in [-0.05, 0) is 37.6 Å². The molecular formula is C14H14ClN3O. The Morgan fingerprint density at radius 3 is 3.00 bits per heavy atom. The van der Waals surface area contributed by atoms with Crippen LogP contribution in [-0.4, -0.2) is 14.5 Å². The summed E-state index contributed by atoms with van der Waals surface area (Å²) in [7, 11) is 0. The fraction of sp³-hybridized carbons (Fsp3) is 0.286. The summed E-state index contributed by atoms with van der Waals surface area (Å²) in [5.74, 6) is 2.02. The zero-order chi connectivity index (χ0) is 13.4. The fourth-order valence-corrected chi connectivity index (χ4v) is 2.48. The highest BCUT2D eigenvalue weighted by molar-refractivity contribution is 6.16. The van der Waals surface area contributed by atoms with Gasteiger partial charge in [0.2, 0.25) is 0 Å². The molecule has 98 valence electrons. The molecule has 0 spiro atoms. The smallest absolute Gasteiger partial charge is 0.160 e. The number of rotatable bonds is 3. The highest BCUT2D eigenvalue weighted by Crippen LogP contribution is 2.26. The second-order valence-corrected chi connectivity index (χ2v) is 4.85. The van der Waals surface area contributed by atoms with E-state index in [1.54, 1.807) is 6.26 Å². The van der Waals surface area contributed by atoms with Crippen LogP contribution >= 0.6 is 11.6 Å². The number of hydrogen-bond acceptors (Lipinski definition) is 3. The molecule has 0 saturated carbocycles. The van der Waals surface area contributed by atoms with Crippen LogP contribution in [0.2, 0.25) is 0 Å². The second-order valence-electron chi connectivity index (χ2n) is 4.58. The molecular weight excluding hydrogens is 262 g/mol. The highest BCUT2D eigenvalue weighted by Gasteiger charge is 2.19. The van der Waals surface area contributed by atoms with Crippen LogP contribution in [0, 0.1) is 6.92 Å². The molecule has 4 nitrogen and oxygen atoms in total. The minimum Gasteiger partial charge on any atom is -0.467 e. The van der Waals surface area contributed by atoms with E-state index in [9.17, 15) is 0 Å². The molecule has 1 unspecified atom stereocenters. The van der Waals surface area contributed by atoms with Crippen LogP contribution in [0.15, 0.2) is 35.1 Å². The van der Waals surface area contributed by atoms with Crippen LogP contribution in [0.25, 0.3) is 11.2 Å². The number of imidazole rings is 1. The first-order valence-corrected chi connectivity index (χ1v) is 6.67. The predicted molar refractivity (Wildman–Crippen MR) is 74.3 cm³/mol. The van der Waals surface area contributed by atoms with E-state index in [0.717, 1.165) is 28.3 Å². The lowest BCUT2D eigenvalue weighted by Gasteiger charge is -2.13. The molecule has 19 heavy (non-hydrogen) atoms. The van der Waals surface area contributed by atoms with Crippen molar-refractivity contribution in [1.82, 2.24) is 14.5 Å². The summed E-state index contributed by atoms with van der Waals surface area (Å²) in [5, 5.41) is 0. The van der Waals surface area contributed by atoms with Crippen molar-refractivity contribution in [3.8, 4) is 0 Å². The maximum absolute atomic E-state index is 6.01. The van der Waals surface area contributed by atoms with Crippen molar-refractivity contribution in [2.75, 3.05) is 0 Å². The van der Waals surface area contributed by atoms with Crippen LogP contribution in [0.4, 0.5) is 0 Å². The quantitative estimate of drug-likeness (QED) is 0.685. The van der Waals surface area contributed by atoms with Crippen molar-refractivity contribution in [2.24, 2.45) is 0 Å². The van der Waals surface area contributed by atoms with Gasteiger partial charge in [-0.2, -0.15) is 0 Å². The summed E-state index contributed by atoms with van der Waals surface area (Å²) in [6, 6.07) is 5.86. The Morgan fingerprint density at radius 1 is 1.47 bits per heavy atom. The first-order valence-electron chi connectivity index (χ1n) is 6.13. The van der Waals surface area contributed by atoms with E-state index in [1.165, 1.54) is 0 Å². The molecule has 0 N–H and O–H groups in total. The summed E-state index contributed by atoms with van der Waals surface area (Å²) in [5.41, 5.74) is 2.79. The number of aryl methyl sites for hydroxylation is 1. The fourth-order valence-electron chi connectivity index (χ4n) is 2.29. The molecule has 0 saturated heterocycles. The Morgan fingerprint density at radius 2 is 2.32 bits per heavy atom. The highest BCUT2D eigenvalue weighted by atomic mass is 35.5. The minimum atomic E-state index is 0.0176. The average Bonchev–Trinajstić information content (AvgIpc) is 3.04. The van der Waals surface area contributed by atoms with Crippen molar-refractivity contribution in [3.05, 3.63) is 47.8 Å². The summed E-state index contributed by atoms with van der Waals surface area (Å²) < 4.78 is 7.50. The third-order valence-electron chi connectivity index (χ3n) is 3.20. The van der Waals surface area contributed by atoms with Gasteiger partial charge in [0.25, 0.3) is 0 Å². The van der Waals surface area contributed by atoms with Crippen LogP contribution in [-0.2, 0) is 5.88 Å². The Balaban J connectivity index is 2.21. The third-order valence-corrected chi connectivity index (χ3v) is 3.44. The van der Waals surface area contributed by atoms with Gasteiger partial charge < -0.3 is 8.98 Å². The van der Waals surface area contributed by atoms with Crippen molar-refractivity contribution in [3.63, 3.8) is 0 Å². The molecule has 3 aromatic heterocycles. The number of halogens is 1. The van der Waals surface area contributed by atoms with Gasteiger partial charge in [0.15, 0.2) is 5.65 Å². The van der Waals surface area contributed by atoms with Crippen LogP contribution in [0.3, 0.4) is 0 Å². The molecule has 0 bridgehead atoms. The molecule has 3 heterocycles. The number of hydrogen-bond donors (Lipinski definition) is 0.